The van der Waals surface area contributed by atoms with Crippen LogP contribution in [-0.4, -0.2) is 41.6 Å². The van der Waals surface area contributed by atoms with E-state index in [9.17, 15) is 9.59 Å². The van der Waals surface area contributed by atoms with E-state index in [0.717, 1.165) is 5.52 Å². The third-order valence-corrected chi connectivity index (χ3v) is 4.47. The zero-order valence-electron chi connectivity index (χ0n) is 16.0. The van der Waals surface area contributed by atoms with Gasteiger partial charge < -0.3 is 19.5 Å². The topological polar surface area (TPSA) is 107 Å². The maximum atomic E-state index is 13.0. The van der Waals surface area contributed by atoms with Crippen molar-refractivity contribution >= 4 is 28.5 Å². The van der Waals surface area contributed by atoms with Crippen LogP contribution in [0, 0.1) is 0 Å². The molecule has 0 atom stereocenters. The number of H-pyrrole nitrogens is 1. The van der Waals surface area contributed by atoms with Gasteiger partial charge in [0.25, 0.3) is 11.5 Å². The molecule has 0 bridgehead atoms. The van der Waals surface area contributed by atoms with Crippen LogP contribution in [0.2, 0.25) is 0 Å². The number of para-hydroxylation sites is 2. The molecule has 4 rings (SSSR count). The van der Waals surface area contributed by atoms with E-state index in [1.807, 2.05) is 24.3 Å². The Hall–Kier alpha value is -4.01. The molecule has 9 nitrogen and oxygen atoms in total. The van der Waals surface area contributed by atoms with E-state index in [-0.39, 0.29) is 16.9 Å². The second-order valence-electron chi connectivity index (χ2n) is 6.15. The average Bonchev–Trinajstić information content (AvgIpc) is 3.10. The van der Waals surface area contributed by atoms with E-state index in [2.05, 4.69) is 15.3 Å². The van der Waals surface area contributed by atoms with Crippen LogP contribution in [0.15, 0.2) is 47.3 Å². The quantitative estimate of drug-likeness (QED) is 0.538. The summed E-state index contributed by atoms with van der Waals surface area (Å²) in [6.45, 7) is 0. The van der Waals surface area contributed by atoms with Crippen molar-refractivity contribution in [2.45, 2.75) is 0 Å². The van der Waals surface area contributed by atoms with Crippen molar-refractivity contribution in [2.75, 3.05) is 26.6 Å². The molecule has 4 aromatic rings. The molecule has 0 unspecified atom stereocenters. The van der Waals surface area contributed by atoms with E-state index in [4.69, 9.17) is 14.2 Å². The molecule has 0 aliphatic carbocycles. The van der Waals surface area contributed by atoms with E-state index in [0.29, 0.717) is 28.5 Å². The highest BCUT2D eigenvalue weighted by Crippen LogP contribution is 2.38. The molecular formula is C20H18N4O5. The smallest absolute Gasteiger partial charge is 0.257 e. The molecule has 2 heterocycles. The normalized spacial score (nSPS) is 10.9. The summed E-state index contributed by atoms with van der Waals surface area (Å²) in [5.74, 6) is 1.25. The fraction of sp³-hybridized carbons (Fsp3) is 0.150. The largest absolute Gasteiger partial charge is 0.493 e. The number of benzene rings is 2. The molecule has 9 heteroatoms. The molecule has 29 heavy (non-hydrogen) atoms. The van der Waals surface area contributed by atoms with E-state index >= 15 is 0 Å². The SMILES string of the molecule is COc1cc(C(=O)Nc2cc(=O)[nH]c3nc4ccccc4n23)cc(OC)c1OC. The van der Waals surface area contributed by atoms with Gasteiger partial charge in [0.05, 0.1) is 32.4 Å². The predicted octanol–water partition coefficient (Wildman–Crippen LogP) is 2.45. The summed E-state index contributed by atoms with van der Waals surface area (Å²) in [6.07, 6.45) is 0. The number of nitrogens with zero attached hydrogens (tertiary/aromatic N) is 2. The van der Waals surface area contributed by atoms with Crippen LogP contribution in [0.4, 0.5) is 5.82 Å². The lowest BCUT2D eigenvalue weighted by molar-refractivity contribution is 0.102. The van der Waals surface area contributed by atoms with Crippen molar-refractivity contribution in [1.29, 1.82) is 0 Å². The second-order valence-corrected chi connectivity index (χ2v) is 6.15. The molecule has 2 aromatic carbocycles. The van der Waals surface area contributed by atoms with Gasteiger partial charge in [-0.15, -0.1) is 0 Å². The molecule has 0 saturated heterocycles. The van der Waals surface area contributed by atoms with Gasteiger partial charge in [-0.2, -0.15) is 0 Å². The first-order valence-electron chi connectivity index (χ1n) is 8.67. The van der Waals surface area contributed by atoms with Crippen molar-refractivity contribution in [3.63, 3.8) is 0 Å². The lowest BCUT2D eigenvalue weighted by atomic mass is 10.1. The van der Waals surface area contributed by atoms with Gasteiger partial charge in [0.2, 0.25) is 11.5 Å². The van der Waals surface area contributed by atoms with Crippen molar-refractivity contribution < 1.29 is 19.0 Å². The first kappa shape index (κ1) is 18.4. The Morgan fingerprint density at radius 2 is 1.72 bits per heavy atom. The number of carbonyl (C=O) groups excluding carboxylic acids is 1. The monoisotopic (exact) mass is 394 g/mol. The molecule has 1 amide bonds. The number of aromatic nitrogens is 3. The summed E-state index contributed by atoms with van der Waals surface area (Å²) in [7, 11) is 4.42. The Labute approximate surface area is 164 Å². The highest BCUT2D eigenvalue weighted by molar-refractivity contribution is 6.05. The number of fused-ring (bicyclic) bond motifs is 3. The number of anilines is 1. The number of carbonyl (C=O) groups is 1. The highest BCUT2D eigenvalue weighted by atomic mass is 16.5. The maximum absolute atomic E-state index is 13.0. The van der Waals surface area contributed by atoms with Crippen molar-refractivity contribution in [3.05, 3.63) is 58.4 Å². The van der Waals surface area contributed by atoms with Gasteiger partial charge in [0.15, 0.2) is 11.5 Å². The summed E-state index contributed by atoms with van der Waals surface area (Å²) in [6, 6.07) is 11.7. The summed E-state index contributed by atoms with van der Waals surface area (Å²) < 4.78 is 17.6. The van der Waals surface area contributed by atoms with E-state index in [1.165, 1.54) is 39.5 Å². The van der Waals surface area contributed by atoms with Crippen LogP contribution in [0.25, 0.3) is 16.8 Å². The summed E-state index contributed by atoms with van der Waals surface area (Å²) in [5, 5.41) is 2.77. The minimum absolute atomic E-state index is 0.275. The molecular weight excluding hydrogens is 376 g/mol. The molecule has 2 aromatic heterocycles. The Bertz CT molecular complexity index is 1270. The van der Waals surface area contributed by atoms with Crippen LogP contribution in [0.5, 0.6) is 17.2 Å². The van der Waals surface area contributed by atoms with Crippen molar-refractivity contribution in [3.8, 4) is 17.2 Å². The molecule has 0 spiro atoms. The number of methoxy groups -OCH3 is 3. The molecule has 0 saturated carbocycles. The van der Waals surface area contributed by atoms with Crippen LogP contribution in [0.1, 0.15) is 10.4 Å². The Morgan fingerprint density at radius 1 is 1.03 bits per heavy atom. The number of aromatic amines is 1. The summed E-state index contributed by atoms with van der Waals surface area (Å²) in [4.78, 5) is 32.1. The third-order valence-electron chi connectivity index (χ3n) is 4.47. The predicted molar refractivity (Wildman–Crippen MR) is 107 cm³/mol. The molecule has 148 valence electrons. The van der Waals surface area contributed by atoms with Crippen LogP contribution >= 0.6 is 0 Å². The lowest BCUT2D eigenvalue weighted by Crippen LogP contribution is -2.18. The average molecular weight is 394 g/mol. The summed E-state index contributed by atoms with van der Waals surface area (Å²) >= 11 is 0. The number of ether oxygens (including phenoxy) is 3. The summed E-state index contributed by atoms with van der Waals surface area (Å²) in [5.41, 5.74) is 1.34. The molecule has 2 N–H and O–H groups in total. The van der Waals surface area contributed by atoms with Gasteiger partial charge in [-0.3, -0.25) is 19.0 Å². The number of amides is 1. The number of hydrogen-bond donors (Lipinski definition) is 2. The number of hydrogen-bond acceptors (Lipinski definition) is 6. The second kappa shape index (κ2) is 7.19. The first-order chi connectivity index (χ1) is 14.0. The Morgan fingerprint density at radius 3 is 2.38 bits per heavy atom. The van der Waals surface area contributed by atoms with E-state index in [1.54, 1.807) is 4.40 Å². The lowest BCUT2D eigenvalue weighted by Gasteiger charge is -2.14. The minimum Gasteiger partial charge on any atom is -0.493 e. The standard InChI is InChI=1S/C20H18N4O5/c1-27-14-8-11(9-15(28-2)18(14)29-3)19(26)22-16-10-17(25)23-20-21-12-6-4-5-7-13(12)24(16)20/h4-10H,1-3H3,(H,22,26)(H,21,23,25). The number of imidazole rings is 1. The number of rotatable bonds is 5. The third kappa shape index (κ3) is 3.12. The van der Waals surface area contributed by atoms with Crippen molar-refractivity contribution in [1.82, 2.24) is 14.4 Å². The van der Waals surface area contributed by atoms with Crippen molar-refractivity contribution in [2.24, 2.45) is 0 Å². The van der Waals surface area contributed by atoms with Gasteiger partial charge in [-0.1, -0.05) is 12.1 Å². The van der Waals surface area contributed by atoms with E-state index < -0.39 is 5.91 Å². The van der Waals surface area contributed by atoms with Gasteiger partial charge in [0.1, 0.15) is 5.82 Å². The molecule has 0 aliphatic rings. The zero-order valence-corrected chi connectivity index (χ0v) is 16.0. The van der Waals surface area contributed by atoms with Gasteiger partial charge in [0, 0.05) is 11.6 Å². The molecule has 0 aliphatic heterocycles. The molecule has 0 radical (unpaired) electrons. The number of nitrogens with one attached hydrogen (secondary N) is 2. The fourth-order valence-electron chi connectivity index (χ4n) is 3.18. The maximum Gasteiger partial charge on any atom is 0.257 e. The Kier molecular flexibility index (Phi) is 4.55. The zero-order chi connectivity index (χ0) is 20.5. The van der Waals surface area contributed by atoms with Gasteiger partial charge >= 0.3 is 0 Å². The van der Waals surface area contributed by atoms with Crippen LogP contribution in [-0.2, 0) is 0 Å². The van der Waals surface area contributed by atoms with Crippen LogP contribution < -0.4 is 25.1 Å². The van der Waals surface area contributed by atoms with Gasteiger partial charge in [-0.25, -0.2) is 4.98 Å². The van der Waals surface area contributed by atoms with Crippen LogP contribution in [0.3, 0.4) is 0 Å². The van der Waals surface area contributed by atoms with Gasteiger partial charge in [-0.05, 0) is 24.3 Å². The highest BCUT2D eigenvalue weighted by Gasteiger charge is 2.18. The molecule has 0 fully saturated rings. The first-order valence-corrected chi connectivity index (χ1v) is 8.67. The Balaban J connectivity index is 1.81. The minimum atomic E-state index is -0.450. The fourth-order valence-corrected chi connectivity index (χ4v) is 3.18.